The fraction of sp³-hybridized carbons (Fsp3) is 0.471. The van der Waals surface area contributed by atoms with E-state index < -0.39 is 18.1 Å². The second kappa shape index (κ2) is 27.2. The number of aliphatic hydroxyl groups is 1. The molecular formula is C70H82N12O7S2. The minimum Gasteiger partial charge on any atom is -0.472 e. The van der Waals surface area contributed by atoms with E-state index in [0.717, 1.165) is 124 Å². The summed E-state index contributed by atoms with van der Waals surface area (Å²) in [5.41, 5.74) is 11.4. The van der Waals surface area contributed by atoms with Crippen LogP contribution in [0.25, 0.3) is 31.8 Å². The summed E-state index contributed by atoms with van der Waals surface area (Å²) >= 11 is 3.05. The first-order valence-corrected chi connectivity index (χ1v) is 34.4. The third kappa shape index (κ3) is 13.6. The van der Waals surface area contributed by atoms with Gasteiger partial charge in [-0.1, -0.05) is 93.0 Å². The highest BCUT2D eigenvalue weighted by Crippen LogP contribution is 2.38. The molecule has 2 saturated heterocycles. The molecule has 4 atom stereocenters. The standard InChI is InChI=1S/C70H82N12O7S2/c1-41(2)63(69(87)81-38-51(83)34-58(81)67(85)73-42(3)46-18-20-48(21-19-46)65-43(4)71-40-90-65)59-35-62(78-89-59)88-52-29-32-79(33-30-52)50-24-22-49(23-25-50)74-68(86)64-53(55-36-72-82(44(55)5)37-45-12-7-6-8-13-45)26-27-61(76-64)80-31-28-47-14-11-15-54(56(47)39-80)66(84)77-70-75-57-16-9-10-17-60(57)91-70/h9-11,14-21,26-27,35-36,40-42,45,49-52,58,63,83H,6-8,12-13,22-25,28-34,37-39H2,1-5H3,(H,73,85)(H,74,86)(H,75,77,84)/t42-,49?,50?,51+,58-,63+/m0/s1. The van der Waals surface area contributed by atoms with Crippen LogP contribution in [0.2, 0.25) is 0 Å². The number of nitrogens with zero attached hydrogens (tertiary/aromatic N) is 9. The molecule has 21 heteroatoms. The Morgan fingerprint density at radius 2 is 1.63 bits per heavy atom. The van der Waals surface area contributed by atoms with E-state index in [1.807, 2.05) is 112 Å². The second-order valence-corrected chi connectivity index (χ2v) is 28.0. The van der Waals surface area contributed by atoms with Gasteiger partial charge in [-0.2, -0.15) is 5.10 Å². The van der Waals surface area contributed by atoms with Crippen molar-refractivity contribution >= 4 is 67.5 Å². The molecule has 4 fully saturated rings. The molecule has 13 rings (SSSR count). The Labute approximate surface area is 539 Å². The normalized spacial score (nSPS) is 20.8. The van der Waals surface area contributed by atoms with Crippen molar-refractivity contribution in [1.29, 1.82) is 0 Å². The molecule has 2 aliphatic carbocycles. The lowest BCUT2D eigenvalue weighted by Gasteiger charge is -2.40. The third-order valence-electron chi connectivity index (χ3n) is 19.7. The maximum Gasteiger partial charge on any atom is 0.270 e. The number of amides is 4. The largest absolute Gasteiger partial charge is 0.472 e. The van der Waals surface area contributed by atoms with E-state index in [2.05, 4.69) is 58.5 Å². The SMILES string of the molecule is Cc1ncsc1-c1ccc([C@H](C)NC(=O)[C@@H]2C[C@@H](O)CN2C(=O)[C@@H](c2cc(OC3CCN(C4CCC(NC(=O)c5nc(N6CCc7cccc(C(=O)Nc8nc9ccccc9s8)c7C6)ccc5-c5cnn(CC6CCCCC6)c5C)CC4)CC3)no2)C(C)C)cc1. The monoisotopic (exact) mass is 1270 g/mol. The van der Waals surface area contributed by atoms with Gasteiger partial charge in [-0.25, -0.2) is 15.0 Å². The second-order valence-electron chi connectivity index (χ2n) is 26.1. The van der Waals surface area contributed by atoms with Crippen molar-refractivity contribution in [3.8, 4) is 27.4 Å². The van der Waals surface area contributed by atoms with Crippen LogP contribution >= 0.6 is 22.7 Å². The van der Waals surface area contributed by atoms with Crippen LogP contribution in [0.4, 0.5) is 10.9 Å². The first-order chi connectivity index (χ1) is 44.2. The Morgan fingerprint density at radius 1 is 0.835 bits per heavy atom. The molecule has 91 heavy (non-hydrogen) atoms. The van der Waals surface area contributed by atoms with Crippen molar-refractivity contribution in [2.45, 2.75) is 173 Å². The van der Waals surface area contributed by atoms with Crippen LogP contribution in [0.3, 0.4) is 0 Å². The number of benzene rings is 3. The summed E-state index contributed by atoms with van der Waals surface area (Å²) in [4.78, 5) is 78.9. The number of ether oxygens (including phenoxy) is 1. The summed E-state index contributed by atoms with van der Waals surface area (Å²) in [5, 5.41) is 30.2. The predicted octanol–water partition coefficient (Wildman–Crippen LogP) is 11.8. The number of aryl methyl sites for hydroxylation is 1. The summed E-state index contributed by atoms with van der Waals surface area (Å²) in [6, 6.07) is 26.8. The van der Waals surface area contributed by atoms with Crippen molar-refractivity contribution in [3.63, 3.8) is 0 Å². The first kappa shape index (κ1) is 62.0. The number of aromatic nitrogens is 6. The van der Waals surface area contributed by atoms with Gasteiger partial charge in [0, 0.05) is 86.2 Å². The van der Waals surface area contributed by atoms with Gasteiger partial charge in [0.25, 0.3) is 17.7 Å². The molecule has 4 amide bonds. The van der Waals surface area contributed by atoms with Gasteiger partial charge in [0.1, 0.15) is 29.6 Å². The topological polar surface area (TPSA) is 226 Å². The number of para-hydroxylation sites is 1. The average molecular weight is 1270 g/mol. The van der Waals surface area contributed by atoms with Gasteiger partial charge >= 0.3 is 0 Å². The van der Waals surface area contributed by atoms with E-state index in [0.29, 0.717) is 58.9 Å². The minimum atomic E-state index is -0.847. The molecule has 0 unspecified atom stereocenters. The molecule has 2 saturated carbocycles. The number of rotatable bonds is 18. The summed E-state index contributed by atoms with van der Waals surface area (Å²) in [7, 11) is 0. The van der Waals surface area contributed by atoms with Crippen molar-refractivity contribution in [2.24, 2.45) is 11.8 Å². The van der Waals surface area contributed by atoms with Crippen LogP contribution in [-0.2, 0) is 29.1 Å². The number of pyridine rings is 1. The number of hydrogen-bond donors (Lipinski definition) is 4. The molecule has 0 spiro atoms. The Bertz CT molecular complexity index is 3880. The fourth-order valence-corrected chi connectivity index (χ4v) is 16.2. The summed E-state index contributed by atoms with van der Waals surface area (Å²) < 4.78 is 15.5. The Balaban J connectivity index is 0.625. The van der Waals surface area contributed by atoms with Gasteiger partial charge < -0.3 is 39.7 Å². The number of fused-ring (bicyclic) bond motifs is 2. The van der Waals surface area contributed by atoms with Crippen LogP contribution in [0.1, 0.15) is 164 Å². The van der Waals surface area contributed by atoms with Crippen LogP contribution in [0.5, 0.6) is 5.88 Å². The van der Waals surface area contributed by atoms with Gasteiger partial charge in [-0.05, 0) is 148 Å². The molecule has 0 bridgehead atoms. The van der Waals surface area contributed by atoms with Crippen LogP contribution in [0.15, 0.2) is 101 Å². The molecule has 3 aliphatic heterocycles. The number of nitrogens with one attached hydrogen (secondary N) is 3. The van der Waals surface area contributed by atoms with Crippen LogP contribution in [0, 0.1) is 25.7 Å². The highest BCUT2D eigenvalue weighted by atomic mass is 32.1. The van der Waals surface area contributed by atoms with E-state index in [9.17, 15) is 24.3 Å². The number of carbonyl (C=O) groups excluding carboxylic acids is 4. The highest BCUT2D eigenvalue weighted by molar-refractivity contribution is 7.22. The van der Waals surface area contributed by atoms with E-state index in [4.69, 9.17) is 19.3 Å². The number of carbonyl (C=O) groups is 4. The third-order valence-corrected chi connectivity index (χ3v) is 21.6. The molecule has 8 aromatic rings. The average Bonchev–Trinajstić information content (AvgIpc) is 1.91. The fourth-order valence-electron chi connectivity index (χ4n) is 14.6. The highest BCUT2D eigenvalue weighted by Gasteiger charge is 2.44. The van der Waals surface area contributed by atoms with Crippen molar-refractivity contribution in [1.82, 2.24) is 50.3 Å². The summed E-state index contributed by atoms with van der Waals surface area (Å²) in [6.45, 7) is 13.6. The van der Waals surface area contributed by atoms with E-state index >= 15 is 0 Å². The number of piperidine rings is 1. The quantitative estimate of drug-likeness (QED) is 0.0627. The Morgan fingerprint density at radius 3 is 2.38 bits per heavy atom. The molecule has 4 N–H and O–H groups in total. The lowest BCUT2D eigenvalue weighted by molar-refractivity contribution is -0.141. The summed E-state index contributed by atoms with van der Waals surface area (Å²) in [5.74, 6) is 0.0148. The van der Waals surface area contributed by atoms with Gasteiger partial charge in [0.05, 0.1) is 44.6 Å². The molecule has 3 aromatic carbocycles. The zero-order valence-corrected chi connectivity index (χ0v) is 54.2. The zero-order valence-electron chi connectivity index (χ0n) is 52.6. The maximum absolute atomic E-state index is 14.9. The molecule has 5 aromatic heterocycles. The van der Waals surface area contributed by atoms with Gasteiger partial charge in [-0.15, -0.1) is 11.3 Å². The van der Waals surface area contributed by atoms with Gasteiger partial charge in [-0.3, -0.25) is 29.2 Å². The van der Waals surface area contributed by atoms with Gasteiger partial charge in [0.2, 0.25) is 11.8 Å². The van der Waals surface area contributed by atoms with Crippen molar-refractivity contribution in [3.05, 3.63) is 142 Å². The van der Waals surface area contributed by atoms with E-state index in [-0.39, 0.29) is 60.7 Å². The van der Waals surface area contributed by atoms with Gasteiger partial charge in [0.15, 0.2) is 10.9 Å². The molecular weight excluding hydrogens is 1180 g/mol. The minimum absolute atomic E-state index is 0.0185. The number of anilines is 2. The van der Waals surface area contributed by atoms with Crippen LogP contribution < -0.4 is 25.6 Å². The first-order valence-electron chi connectivity index (χ1n) is 32.7. The number of β-amino-alcohol motifs (C(OH)–C–C–N with tert-alkyl or cyclic N) is 1. The lowest BCUT2D eigenvalue weighted by Crippen LogP contribution is -2.48. The predicted molar refractivity (Wildman–Crippen MR) is 353 cm³/mol. The lowest BCUT2D eigenvalue weighted by atomic mass is 9.88. The number of likely N-dealkylation sites (tertiary alicyclic amines) is 2. The Hall–Kier alpha value is -7.85. The Kier molecular flexibility index (Phi) is 18.5. The molecule has 19 nitrogen and oxygen atoms in total. The smallest absolute Gasteiger partial charge is 0.270 e. The summed E-state index contributed by atoms with van der Waals surface area (Å²) in [6.07, 6.45) is 13.2. The van der Waals surface area contributed by atoms with Crippen molar-refractivity contribution in [2.75, 3.05) is 36.4 Å². The molecule has 0 radical (unpaired) electrons. The molecule has 5 aliphatic rings. The molecule has 476 valence electrons. The number of thiazole rings is 2. The number of aliphatic hydroxyl groups excluding tert-OH is 1. The van der Waals surface area contributed by atoms with E-state index in [1.165, 1.54) is 48.3 Å². The van der Waals surface area contributed by atoms with Crippen molar-refractivity contribution < 1.29 is 33.5 Å². The zero-order chi connectivity index (χ0) is 62.9. The van der Waals surface area contributed by atoms with E-state index in [1.54, 1.807) is 17.4 Å². The number of hydrogen-bond acceptors (Lipinski definition) is 16. The van der Waals surface area contributed by atoms with Crippen LogP contribution in [-0.4, -0.2) is 125 Å². The maximum atomic E-state index is 14.9. The molecule has 8 heterocycles.